The number of carbonyl (C=O) groups is 1. The Balaban J connectivity index is 1.83. The quantitative estimate of drug-likeness (QED) is 0.660. The summed E-state index contributed by atoms with van der Waals surface area (Å²) in [5.74, 6) is -0.0295. The number of hydrazone groups is 1. The number of halogens is 1. The van der Waals surface area contributed by atoms with E-state index in [0.717, 1.165) is 10.0 Å². The average Bonchev–Trinajstić information content (AvgIpc) is 2.55. The summed E-state index contributed by atoms with van der Waals surface area (Å²) in [6.07, 6.45) is 1.54. The highest BCUT2D eigenvalue weighted by Gasteiger charge is 2.05. The highest BCUT2D eigenvalue weighted by Crippen LogP contribution is 2.16. The number of nitriles is 1. The third-order valence-electron chi connectivity index (χ3n) is 2.64. The molecule has 1 N–H and O–H groups in total. The van der Waals surface area contributed by atoms with Crippen LogP contribution in [0.3, 0.4) is 0 Å². The van der Waals surface area contributed by atoms with Crippen molar-refractivity contribution in [2.75, 3.05) is 6.61 Å². The van der Waals surface area contributed by atoms with Crippen molar-refractivity contribution in [3.05, 3.63) is 64.1 Å². The van der Waals surface area contributed by atoms with Crippen LogP contribution in [0.2, 0.25) is 0 Å². The first-order chi connectivity index (χ1) is 10.7. The van der Waals surface area contributed by atoms with Crippen LogP contribution in [0.25, 0.3) is 0 Å². The summed E-state index contributed by atoms with van der Waals surface area (Å²) in [4.78, 5) is 11.6. The number of rotatable bonds is 5. The summed E-state index contributed by atoms with van der Waals surface area (Å²) in [6.45, 7) is -0.212. The van der Waals surface area contributed by atoms with E-state index in [1.165, 1.54) is 6.21 Å². The number of amides is 1. The molecule has 2 aromatic rings. The smallest absolute Gasteiger partial charge is 0.277 e. The van der Waals surface area contributed by atoms with Crippen LogP contribution in [-0.2, 0) is 4.79 Å². The summed E-state index contributed by atoms with van der Waals surface area (Å²) in [5, 5.41) is 12.8. The lowest BCUT2D eigenvalue weighted by Crippen LogP contribution is -2.24. The Morgan fingerprint density at radius 1 is 1.27 bits per heavy atom. The molecule has 0 aromatic heterocycles. The average molecular weight is 358 g/mol. The summed E-state index contributed by atoms with van der Waals surface area (Å²) < 4.78 is 6.26. The van der Waals surface area contributed by atoms with Crippen LogP contribution in [0.4, 0.5) is 0 Å². The van der Waals surface area contributed by atoms with Crippen molar-refractivity contribution >= 4 is 28.1 Å². The van der Waals surface area contributed by atoms with E-state index in [0.29, 0.717) is 11.3 Å². The molecule has 0 unspecified atom stereocenters. The van der Waals surface area contributed by atoms with E-state index in [1.54, 1.807) is 24.3 Å². The lowest BCUT2D eigenvalue weighted by Gasteiger charge is -2.06. The fourth-order valence-corrected chi connectivity index (χ4v) is 1.85. The Kier molecular flexibility index (Phi) is 5.69. The van der Waals surface area contributed by atoms with Crippen molar-refractivity contribution in [2.24, 2.45) is 5.10 Å². The van der Waals surface area contributed by atoms with Gasteiger partial charge in [-0.2, -0.15) is 10.4 Å². The molecule has 22 heavy (non-hydrogen) atoms. The standard InChI is InChI=1S/C16H12BrN3O2/c17-14-7-5-12(6-8-14)10-19-20-16(21)11-22-15-4-2-1-3-13(15)9-18/h1-8,10H,11H2,(H,20,21)/b19-10-. The van der Waals surface area contributed by atoms with Crippen LogP contribution in [0.1, 0.15) is 11.1 Å². The van der Waals surface area contributed by atoms with E-state index in [1.807, 2.05) is 30.3 Å². The second kappa shape index (κ2) is 7.96. The molecule has 0 atom stereocenters. The summed E-state index contributed by atoms with van der Waals surface area (Å²) in [6, 6.07) is 16.2. The first kappa shape index (κ1) is 15.7. The number of benzene rings is 2. The molecule has 2 aromatic carbocycles. The van der Waals surface area contributed by atoms with E-state index < -0.39 is 5.91 Å². The van der Waals surface area contributed by atoms with Gasteiger partial charge in [-0.3, -0.25) is 4.79 Å². The van der Waals surface area contributed by atoms with E-state index in [2.05, 4.69) is 26.5 Å². The molecular weight excluding hydrogens is 346 g/mol. The highest BCUT2D eigenvalue weighted by molar-refractivity contribution is 9.10. The van der Waals surface area contributed by atoms with Crippen LogP contribution >= 0.6 is 15.9 Å². The molecule has 0 aliphatic heterocycles. The third kappa shape index (κ3) is 4.72. The van der Waals surface area contributed by atoms with Crippen molar-refractivity contribution in [1.82, 2.24) is 5.43 Å². The molecule has 110 valence electrons. The third-order valence-corrected chi connectivity index (χ3v) is 3.17. The molecule has 0 heterocycles. The predicted octanol–water partition coefficient (Wildman–Crippen LogP) is 2.85. The van der Waals surface area contributed by atoms with Gasteiger partial charge in [-0.05, 0) is 29.8 Å². The number of nitrogens with zero attached hydrogens (tertiary/aromatic N) is 2. The zero-order valence-electron chi connectivity index (χ0n) is 11.5. The van der Waals surface area contributed by atoms with E-state index in [-0.39, 0.29) is 6.61 Å². The van der Waals surface area contributed by atoms with Crippen LogP contribution in [0.5, 0.6) is 5.75 Å². The van der Waals surface area contributed by atoms with Crippen molar-refractivity contribution in [3.8, 4) is 11.8 Å². The molecule has 0 aliphatic carbocycles. The molecule has 0 aliphatic rings. The molecule has 0 saturated heterocycles. The van der Waals surface area contributed by atoms with Crippen molar-refractivity contribution < 1.29 is 9.53 Å². The van der Waals surface area contributed by atoms with Gasteiger partial charge >= 0.3 is 0 Å². The van der Waals surface area contributed by atoms with Gasteiger partial charge in [-0.15, -0.1) is 0 Å². The SMILES string of the molecule is N#Cc1ccccc1OCC(=O)N/N=C\c1ccc(Br)cc1. The van der Waals surface area contributed by atoms with Gasteiger partial charge in [0.1, 0.15) is 11.8 Å². The summed E-state index contributed by atoms with van der Waals surface area (Å²) >= 11 is 3.34. The van der Waals surface area contributed by atoms with E-state index in [4.69, 9.17) is 10.00 Å². The number of para-hydroxylation sites is 1. The highest BCUT2D eigenvalue weighted by atomic mass is 79.9. The molecule has 0 fully saturated rings. The molecule has 5 nitrogen and oxygen atoms in total. The maximum Gasteiger partial charge on any atom is 0.277 e. The molecule has 1 amide bonds. The fraction of sp³-hybridized carbons (Fsp3) is 0.0625. The molecule has 0 spiro atoms. The first-order valence-corrected chi connectivity index (χ1v) is 7.18. The maximum atomic E-state index is 11.6. The van der Waals surface area contributed by atoms with E-state index >= 15 is 0 Å². The molecule has 0 bridgehead atoms. The Labute approximate surface area is 136 Å². The monoisotopic (exact) mass is 357 g/mol. The Bertz CT molecular complexity index is 721. The summed E-state index contributed by atoms with van der Waals surface area (Å²) in [5.41, 5.74) is 3.61. The lowest BCUT2D eigenvalue weighted by atomic mass is 10.2. The fourth-order valence-electron chi connectivity index (χ4n) is 1.59. The molecule has 2 rings (SSSR count). The maximum absolute atomic E-state index is 11.6. The van der Waals surface area contributed by atoms with Gasteiger partial charge in [-0.1, -0.05) is 40.2 Å². The van der Waals surface area contributed by atoms with Gasteiger partial charge in [0.05, 0.1) is 11.8 Å². The van der Waals surface area contributed by atoms with Gasteiger partial charge < -0.3 is 4.74 Å². The van der Waals surface area contributed by atoms with Gasteiger partial charge in [-0.25, -0.2) is 5.43 Å². The van der Waals surface area contributed by atoms with Gasteiger partial charge in [0.25, 0.3) is 5.91 Å². The Hall–Kier alpha value is -2.65. The summed E-state index contributed by atoms with van der Waals surface area (Å²) in [7, 11) is 0. The minimum atomic E-state index is -0.402. The molecule has 0 radical (unpaired) electrons. The number of ether oxygens (including phenoxy) is 1. The van der Waals surface area contributed by atoms with E-state index in [9.17, 15) is 4.79 Å². The second-order valence-corrected chi connectivity index (χ2v) is 5.16. The van der Waals surface area contributed by atoms with Crippen LogP contribution in [0.15, 0.2) is 58.1 Å². The zero-order valence-corrected chi connectivity index (χ0v) is 13.1. The minimum absolute atomic E-state index is 0.212. The second-order valence-electron chi connectivity index (χ2n) is 4.24. The van der Waals surface area contributed by atoms with Crippen molar-refractivity contribution in [1.29, 1.82) is 5.26 Å². The number of nitrogens with one attached hydrogen (secondary N) is 1. The van der Waals surface area contributed by atoms with Crippen LogP contribution < -0.4 is 10.2 Å². The first-order valence-electron chi connectivity index (χ1n) is 6.38. The van der Waals surface area contributed by atoms with Crippen molar-refractivity contribution in [2.45, 2.75) is 0 Å². The van der Waals surface area contributed by atoms with Gasteiger partial charge in [0, 0.05) is 4.47 Å². The van der Waals surface area contributed by atoms with Crippen molar-refractivity contribution in [3.63, 3.8) is 0 Å². The lowest BCUT2D eigenvalue weighted by molar-refractivity contribution is -0.123. The Morgan fingerprint density at radius 2 is 2.00 bits per heavy atom. The molecule has 6 heteroatoms. The van der Waals surface area contributed by atoms with Gasteiger partial charge in [0.2, 0.25) is 0 Å². The predicted molar refractivity (Wildman–Crippen MR) is 86.5 cm³/mol. The normalized spacial score (nSPS) is 10.2. The largest absolute Gasteiger partial charge is 0.482 e. The van der Waals surface area contributed by atoms with Crippen LogP contribution in [-0.4, -0.2) is 18.7 Å². The Morgan fingerprint density at radius 3 is 2.73 bits per heavy atom. The number of hydrogen-bond donors (Lipinski definition) is 1. The van der Waals surface area contributed by atoms with Gasteiger partial charge in [0.15, 0.2) is 6.61 Å². The van der Waals surface area contributed by atoms with Crippen LogP contribution in [0, 0.1) is 11.3 Å². The molecular formula is C16H12BrN3O2. The number of hydrogen-bond acceptors (Lipinski definition) is 4. The molecule has 0 saturated carbocycles. The number of carbonyl (C=O) groups excluding carboxylic acids is 1. The topological polar surface area (TPSA) is 74.5 Å². The zero-order chi connectivity index (χ0) is 15.8. The minimum Gasteiger partial charge on any atom is -0.482 e.